The highest BCUT2D eigenvalue weighted by Crippen LogP contribution is 2.53. The van der Waals surface area contributed by atoms with Crippen molar-refractivity contribution in [1.82, 2.24) is 10.2 Å². The van der Waals surface area contributed by atoms with Gasteiger partial charge in [-0.25, -0.2) is 0 Å². The number of likely N-dealkylation sites (tertiary alicyclic amines) is 1. The van der Waals surface area contributed by atoms with Crippen LogP contribution in [-0.4, -0.2) is 34.7 Å². The number of rotatable bonds is 2. The van der Waals surface area contributed by atoms with Gasteiger partial charge in [0, 0.05) is 23.3 Å². The third-order valence-corrected chi connectivity index (χ3v) is 6.38. The molecular weight excluding hydrogens is 330 g/mol. The molecule has 0 bridgehead atoms. The van der Waals surface area contributed by atoms with E-state index in [-0.39, 0.29) is 29.8 Å². The molecule has 26 heavy (non-hydrogen) atoms. The van der Waals surface area contributed by atoms with E-state index in [0.717, 1.165) is 22.4 Å². The fraction of sp³-hybridized carbons (Fsp3) is 0.550. The molecule has 0 unspecified atom stereocenters. The first-order chi connectivity index (χ1) is 12.2. The molecule has 2 fully saturated rings. The van der Waals surface area contributed by atoms with E-state index in [1.165, 1.54) is 4.90 Å². The van der Waals surface area contributed by atoms with Gasteiger partial charge in [0.25, 0.3) is 0 Å². The molecular formula is C20H25N3O3. The number of aryl methyl sites for hydroxylation is 2. The van der Waals surface area contributed by atoms with Gasteiger partial charge < -0.3 is 5.32 Å². The lowest BCUT2D eigenvalue weighted by Gasteiger charge is -2.30. The highest BCUT2D eigenvalue weighted by molar-refractivity contribution is 6.15. The van der Waals surface area contributed by atoms with E-state index in [0.29, 0.717) is 6.42 Å². The van der Waals surface area contributed by atoms with Crippen LogP contribution in [-0.2, 0) is 19.9 Å². The van der Waals surface area contributed by atoms with Gasteiger partial charge in [0.2, 0.25) is 17.7 Å². The van der Waals surface area contributed by atoms with Crippen LogP contribution in [0, 0.1) is 25.7 Å². The molecule has 0 radical (unpaired) electrons. The largest absolute Gasteiger partial charge is 0.324 e. The molecule has 138 valence electrons. The molecule has 3 aliphatic heterocycles. The van der Waals surface area contributed by atoms with E-state index in [9.17, 15) is 14.4 Å². The third kappa shape index (κ3) is 1.88. The summed E-state index contributed by atoms with van der Waals surface area (Å²) in [6, 6.07) is 3.57. The number of anilines is 1. The molecule has 0 aromatic heterocycles. The predicted molar refractivity (Wildman–Crippen MR) is 97.4 cm³/mol. The van der Waals surface area contributed by atoms with Crippen LogP contribution in [0.3, 0.4) is 0 Å². The number of carbonyl (C=O) groups excluding carboxylic acids is 3. The Morgan fingerprint density at radius 2 is 1.88 bits per heavy atom. The zero-order chi connectivity index (χ0) is 19.0. The number of nitrogens with one attached hydrogen (secondary N) is 2. The normalized spacial score (nSPS) is 33.7. The van der Waals surface area contributed by atoms with Gasteiger partial charge in [0.15, 0.2) is 0 Å². The second-order valence-corrected chi connectivity index (χ2v) is 8.01. The minimum absolute atomic E-state index is 0.156. The lowest BCUT2D eigenvalue weighted by Crippen LogP contribution is -2.53. The molecule has 0 aliphatic carbocycles. The molecule has 5 atom stereocenters. The van der Waals surface area contributed by atoms with Crippen molar-refractivity contribution in [1.29, 1.82) is 0 Å². The summed E-state index contributed by atoms with van der Waals surface area (Å²) in [4.78, 5) is 40.9. The quantitative estimate of drug-likeness (QED) is 0.794. The van der Waals surface area contributed by atoms with E-state index in [1.54, 1.807) is 0 Å². The van der Waals surface area contributed by atoms with Gasteiger partial charge in [-0.3, -0.25) is 24.6 Å². The second kappa shape index (κ2) is 5.39. The molecule has 4 rings (SSSR count). The monoisotopic (exact) mass is 355 g/mol. The fourth-order valence-corrected chi connectivity index (χ4v) is 5.06. The highest BCUT2D eigenvalue weighted by Gasteiger charge is 2.70. The molecule has 2 N–H and O–H groups in total. The number of imide groups is 1. The standard InChI is InChI=1S/C20H25N3O3/c1-6-11(4)23-17(24)14-12(5)22-20(15(14)18(23)25)13-8-9(2)7-10(3)16(13)21-19(20)26/h7-8,11-12,14-15,22H,6H2,1-5H3,(H,21,26)/t11-,12-,14-,15+,20+/m1/s1. The SMILES string of the molecule is CC[C@@H](C)N1C(=O)[C@H]2[C@@H](C1=O)[C@]1(N[C@@H]2C)C(=O)Nc2c(C)cc(C)cc21. The first kappa shape index (κ1) is 17.2. The summed E-state index contributed by atoms with van der Waals surface area (Å²) in [6.07, 6.45) is 0.701. The topological polar surface area (TPSA) is 78.5 Å². The van der Waals surface area contributed by atoms with Crippen LogP contribution >= 0.6 is 0 Å². The number of amides is 3. The Kier molecular flexibility index (Phi) is 3.57. The van der Waals surface area contributed by atoms with Crippen LogP contribution in [0.1, 0.15) is 43.9 Å². The molecule has 0 saturated carbocycles. The first-order valence-electron chi connectivity index (χ1n) is 9.31. The van der Waals surface area contributed by atoms with Gasteiger partial charge in [-0.15, -0.1) is 0 Å². The number of fused-ring (bicyclic) bond motifs is 4. The van der Waals surface area contributed by atoms with Crippen molar-refractivity contribution in [2.24, 2.45) is 11.8 Å². The number of hydrogen-bond acceptors (Lipinski definition) is 4. The van der Waals surface area contributed by atoms with Crippen molar-refractivity contribution in [2.45, 2.75) is 58.7 Å². The van der Waals surface area contributed by atoms with Gasteiger partial charge in [0.05, 0.1) is 11.8 Å². The van der Waals surface area contributed by atoms with E-state index >= 15 is 0 Å². The summed E-state index contributed by atoms with van der Waals surface area (Å²) in [5.74, 6) is -1.81. The number of carbonyl (C=O) groups is 3. The van der Waals surface area contributed by atoms with Crippen molar-refractivity contribution < 1.29 is 14.4 Å². The molecule has 1 aromatic rings. The Balaban J connectivity index is 1.91. The summed E-state index contributed by atoms with van der Waals surface area (Å²) in [5, 5.41) is 6.32. The summed E-state index contributed by atoms with van der Waals surface area (Å²) in [5.41, 5.74) is 2.41. The Morgan fingerprint density at radius 3 is 2.54 bits per heavy atom. The van der Waals surface area contributed by atoms with E-state index in [2.05, 4.69) is 10.6 Å². The predicted octanol–water partition coefficient (Wildman–Crippen LogP) is 1.84. The molecule has 3 amide bonds. The molecule has 3 aliphatic rings. The molecule has 1 spiro atoms. The van der Waals surface area contributed by atoms with Crippen molar-refractivity contribution in [2.75, 3.05) is 5.32 Å². The van der Waals surface area contributed by atoms with Gasteiger partial charge in [-0.2, -0.15) is 0 Å². The number of nitrogens with zero attached hydrogens (tertiary/aromatic N) is 1. The highest BCUT2D eigenvalue weighted by atomic mass is 16.2. The first-order valence-corrected chi connectivity index (χ1v) is 9.31. The summed E-state index contributed by atoms with van der Waals surface area (Å²) in [7, 11) is 0. The van der Waals surface area contributed by atoms with Gasteiger partial charge >= 0.3 is 0 Å². The number of benzene rings is 1. The summed E-state index contributed by atoms with van der Waals surface area (Å²) in [6.45, 7) is 9.67. The Bertz CT molecular complexity index is 849. The van der Waals surface area contributed by atoms with E-state index in [1.807, 2.05) is 46.8 Å². The van der Waals surface area contributed by atoms with E-state index < -0.39 is 17.4 Å². The zero-order valence-corrected chi connectivity index (χ0v) is 15.8. The van der Waals surface area contributed by atoms with Crippen LogP contribution in [0.4, 0.5) is 5.69 Å². The molecule has 6 heteroatoms. The summed E-state index contributed by atoms with van der Waals surface area (Å²) < 4.78 is 0. The maximum absolute atomic E-state index is 13.3. The molecule has 1 aromatic carbocycles. The zero-order valence-electron chi connectivity index (χ0n) is 15.8. The van der Waals surface area contributed by atoms with Crippen LogP contribution in [0.15, 0.2) is 12.1 Å². The Hall–Kier alpha value is -2.21. The number of hydrogen-bond donors (Lipinski definition) is 2. The maximum atomic E-state index is 13.3. The smallest absolute Gasteiger partial charge is 0.250 e. The van der Waals surface area contributed by atoms with E-state index in [4.69, 9.17) is 0 Å². The summed E-state index contributed by atoms with van der Waals surface area (Å²) >= 11 is 0. The fourth-order valence-electron chi connectivity index (χ4n) is 5.06. The molecule has 2 saturated heterocycles. The van der Waals surface area contributed by atoms with Crippen molar-refractivity contribution in [3.05, 3.63) is 28.8 Å². The average Bonchev–Trinajstić information content (AvgIpc) is 3.13. The van der Waals surface area contributed by atoms with Gasteiger partial charge in [-0.05, 0) is 39.7 Å². The third-order valence-electron chi connectivity index (χ3n) is 6.38. The Labute approximate surface area is 153 Å². The molecule has 3 heterocycles. The van der Waals surface area contributed by atoms with Crippen molar-refractivity contribution >= 4 is 23.4 Å². The average molecular weight is 355 g/mol. The maximum Gasteiger partial charge on any atom is 0.250 e. The van der Waals surface area contributed by atoms with Gasteiger partial charge in [0.1, 0.15) is 5.54 Å². The Morgan fingerprint density at radius 1 is 1.19 bits per heavy atom. The second-order valence-electron chi connectivity index (χ2n) is 8.01. The van der Waals surface area contributed by atoms with Crippen molar-refractivity contribution in [3.8, 4) is 0 Å². The minimum atomic E-state index is -1.16. The van der Waals surface area contributed by atoms with Crippen LogP contribution in [0.25, 0.3) is 0 Å². The van der Waals surface area contributed by atoms with Crippen LogP contribution in [0.5, 0.6) is 0 Å². The van der Waals surface area contributed by atoms with Crippen LogP contribution in [0.2, 0.25) is 0 Å². The lowest BCUT2D eigenvalue weighted by molar-refractivity contribution is -0.145. The lowest BCUT2D eigenvalue weighted by atomic mass is 9.76. The molecule has 6 nitrogen and oxygen atoms in total. The van der Waals surface area contributed by atoms with Gasteiger partial charge in [-0.1, -0.05) is 24.6 Å². The minimum Gasteiger partial charge on any atom is -0.324 e. The van der Waals surface area contributed by atoms with Crippen molar-refractivity contribution in [3.63, 3.8) is 0 Å². The van der Waals surface area contributed by atoms with Crippen LogP contribution < -0.4 is 10.6 Å².